The number of hydrogen-bond acceptors (Lipinski definition) is 3. The Morgan fingerprint density at radius 3 is 2.74 bits per heavy atom. The van der Waals surface area contributed by atoms with E-state index in [0.717, 1.165) is 39.9 Å². The van der Waals surface area contributed by atoms with E-state index in [1.807, 2.05) is 47.4 Å². The molecule has 2 aromatic carbocycles. The topological polar surface area (TPSA) is 33.2 Å². The van der Waals surface area contributed by atoms with Gasteiger partial charge in [-0.25, -0.2) is 4.98 Å². The summed E-state index contributed by atoms with van der Waals surface area (Å²) in [5, 5.41) is 1.05. The SMILES string of the molecule is O=C(c1ccc(Br)cc1)N1CCC[C@@H]1c1nc2ccccc2s1. The molecule has 0 radical (unpaired) electrons. The van der Waals surface area contributed by atoms with Crippen molar-refractivity contribution in [1.82, 2.24) is 9.88 Å². The number of rotatable bonds is 2. The number of carbonyl (C=O) groups is 1. The Labute approximate surface area is 147 Å². The fourth-order valence-electron chi connectivity index (χ4n) is 3.06. The normalized spacial score (nSPS) is 17.8. The molecule has 0 aliphatic carbocycles. The Bertz CT molecular complexity index is 826. The van der Waals surface area contributed by atoms with Crippen LogP contribution in [0.5, 0.6) is 0 Å². The van der Waals surface area contributed by atoms with E-state index in [0.29, 0.717) is 0 Å². The Kier molecular flexibility index (Phi) is 3.91. The average Bonchev–Trinajstić information content (AvgIpc) is 3.21. The molecule has 4 rings (SSSR count). The highest BCUT2D eigenvalue weighted by Crippen LogP contribution is 2.37. The molecular weight excluding hydrogens is 372 g/mol. The molecule has 1 atom stereocenters. The van der Waals surface area contributed by atoms with E-state index in [1.165, 1.54) is 4.70 Å². The van der Waals surface area contributed by atoms with Gasteiger partial charge in [-0.15, -0.1) is 11.3 Å². The highest BCUT2D eigenvalue weighted by atomic mass is 79.9. The molecule has 0 N–H and O–H groups in total. The minimum absolute atomic E-state index is 0.0965. The van der Waals surface area contributed by atoms with E-state index in [1.54, 1.807) is 11.3 Å². The van der Waals surface area contributed by atoms with E-state index >= 15 is 0 Å². The number of halogens is 1. The monoisotopic (exact) mass is 386 g/mol. The Balaban J connectivity index is 1.65. The molecule has 1 fully saturated rings. The molecule has 2 heterocycles. The summed E-state index contributed by atoms with van der Waals surface area (Å²) in [5.41, 5.74) is 1.76. The quantitative estimate of drug-likeness (QED) is 0.618. The largest absolute Gasteiger partial charge is 0.329 e. The van der Waals surface area contributed by atoms with Crippen molar-refractivity contribution in [3.8, 4) is 0 Å². The number of hydrogen-bond donors (Lipinski definition) is 0. The number of thiazole rings is 1. The third-order valence-corrected chi connectivity index (χ3v) is 5.87. The van der Waals surface area contributed by atoms with Crippen LogP contribution in [0.15, 0.2) is 53.0 Å². The third kappa shape index (κ3) is 2.79. The Morgan fingerprint density at radius 1 is 1.17 bits per heavy atom. The van der Waals surface area contributed by atoms with Crippen LogP contribution in [0.4, 0.5) is 0 Å². The molecule has 116 valence electrons. The second kappa shape index (κ2) is 6.06. The standard InChI is InChI=1S/C18H15BrN2OS/c19-13-9-7-12(8-10-13)18(22)21-11-3-5-15(21)17-20-14-4-1-2-6-16(14)23-17/h1-2,4,6-10,15H,3,5,11H2/t15-/m1/s1. The minimum Gasteiger partial charge on any atom is -0.329 e. The summed E-state index contributed by atoms with van der Waals surface area (Å²) >= 11 is 5.11. The summed E-state index contributed by atoms with van der Waals surface area (Å²) in [4.78, 5) is 19.6. The van der Waals surface area contributed by atoms with Crippen molar-refractivity contribution in [2.75, 3.05) is 6.54 Å². The van der Waals surface area contributed by atoms with Crippen molar-refractivity contribution >= 4 is 43.4 Å². The number of likely N-dealkylation sites (tertiary alicyclic amines) is 1. The molecule has 3 aromatic rings. The molecule has 1 saturated heterocycles. The number of para-hydroxylation sites is 1. The summed E-state index contributed by atoms with van der Waals surface area (Å²) in [6.07, 6.45) is 2.02. The van der Waals surface area contributed by atoms with Gasteiger partial charge in [0.25, 0.3) is 5.91 Å². The number of fused-ring (bicyclic) bond motifs is 1. The Morgan fingerprint density at radius 2 is 1.96 bits per heavy atom. The van der Waals surface area contributed by atoms with Crippen molar-refractivity contribution in [1.29, 1.82) is 0 Å². The lowest BCUT2D eigenvalue weighted by molar-refractivity contribution is 0.0735. The van der Waals surface area contributed by atoms with Gasteiger partial charge in [0.2, 0.25) is 0 Å². The maximum absolute atomic E-state index is 12.8. The average molecular weight is 387 g/mol. The second-order valence-electron chi connectivity index (χ2n) is 5.68. The van der Waals surface area contributed by atoms with Gasteiger partial charge in [-0.3, -0.25) is 4.79 Å². The zero-order valence-electron chi connectivity index (χ0n) is 12.4. The summed E-state index contributed by atoms with van der Waals surface area (Å²) in [7, 11) is 0. The van der Waals surface area contributed by atoms with E-state index in [4.69, 9.17) is 4.98 Å². The zero-order valence-corrected chi connectivity index (χ0v) is 14.8. The van der Waals surface area contributed by atoms with Crippen LogP contribution in [0.25, 0.3) is 10.2 Å². The summed E-state index contributed by atoms with van der Waals surface area (Å²) in [6, 6.07) is 15.8. The number of amides is 1. The minimum atomic E-state index is 0.0965. The first-order valence-corrected chi connectivity index (χ1v) is 9.25. The van der Waals surface area contributed by atoms with Crippen LogP contribution in [-0.2, 0) is 0 Å². The van der Waals surface area contributed by atoms with Gasteiger partial charge >= 0.3 is 0 Å². The molecule has 0 bridgehead atoms. The first-order valence-electron chi connectivity index (χ1n) is 7.64. The van der Waals surface area contributed by atoms with Gasteiger partial charge in [-0.2, -0.15) is 0 Å². The van der Waals surface area contributed by atoms with Gasteiger partial charge in [0.1, 0.15) is 5.01 Å². The van der Waals surface area contributed by atoms with Gasteiger partial charge in [-0.05, 0) is 49.2 Å². The lowest BCUT2D eigenvalue weighted by Crippen LogP contribution is -2.30. The van der Waals surface area contributed by atoms with Crippen LogP contribution in [0.2, 0.25) is 0 Å². The van der Waals surface area contributed by atoms with Gasteiger partial charge in [0, 0.05) is 16.6 Å². The zero-order chi connectivity index (χ0) is 15.8. The molecule has 0 unspecified atom stereocenters. The molecule has 3 nitrogen and oxygen atoms in total. The predicted octanol–water partition coefficient (Wildman–Crippen LogP) is 5.04. The maximum Gasteiger partial charge on any atom is 0.254 e. The van der Waals surface area contributed by atoms with E-state index < -0.39 is 0 Å². The molecule has 1 aromatic heterocycles. The van der Waals surface area contributed by atoms with Gasteiger partial charge in [-0.1, -0.05) is 28.1 Å². The lowest BCUT2D eigenvalue weighted by atomic mass is 10.1. The molecular formula is C18H15BrN2OS. The highest BCUT2D eigenvalue weighted by Gasteiger charge is 2.32. The highest BCUT2D eigenvalue weighted by molar-refractivity contribution is 9.10. The van der Waals surface area contributed by atoms with E-state index in [2.05, 4.69) is 22.0 Å². The number of aromatic nitrogens is 1. The van der Waals surface area contributed by atoms with Crippen LogP contribution in [0, 0.1) is 0 Å². The van der Waals surface area contributed by atoms with Gasteiger partial charge in [0.15, 0.2) is 0 Å². The number of benzene rings is 2. The van der Waals surface area contributed by atoms with Crippen LogP contribution in [0.1, 0.15) is 34.2 Å². The van der Waals surface area contributed by atoms with Gasteiger partial charge < -0.3 is 4.90 Å². The smallest absolute Gasteiger partial charge is 0.254 e. The first-order chi connectivity index (χ1) is 11.2. The van der Waals surface area contributed by atoms with Crippen LogP contribution < -0.4 is 0 Å². The fourth-order valence-corrected chi connectivity index (χ4v) is 4.44. The van der Waals surface area contributed by atoms with Crippen molar-refractivity contribution < 1.29 is 4.79 Å². The van der Waals surface area contributed by atoms with Crippen molar-refractivity contribution in [2.24, 2.45) is 0 Å². The van der Waals surface area contributed by atoms with Crippen LogP contribution in [0.3, 0.4) is 0 Å². The van der Waals surface area contributed by atoms with Crippen LogP contribution in [-0.4, -0.2) is 22.3 Å². The number of nitrogens with zero attached hydrogens (tertiary/aromatic N) is 2. The molecule has 1 amide bonds. The first kappa shape index (κ1) is 14.8. The van der Waals surface area contributed by atoms with Crippen molar-refractivity contribution in [3.63, 3.8) is 0 Å². The van der Waals surface area contributed by atoms with Crippen molar-refractivity contribution in [2.45, 2.75) is 18.9 Å². The fraction of sp³-hybridized carbons (Fsp3) is 0.222. The summed E-state index contributed by atoms with van der Waals surface area (Å²) in [5.74, 6) is 0.0965. The summed E-state index contributed by atoms with van der Waals surface area (Å²) in [6.45, 7) is 0.801. The molecule has 1 aliphatic rings. The molecule has 0 saturated carbocycles. The predicted molar refractivity (Wildman–Crippen MR) is 96.8 cm³/mol. The number of carbonyl (C=O) groups excluding carboxylic acids is 1. The Hall–Kier alpha value is -1.72. The second-order valence-corrected chi connectivity index (χ2v) is 7.66. The molecule has 1 aliphatic heterocycles. The maximum atomic E-state index is 12.8. The van der Waals surface area contributed by atoms with Gasteiger partial charge in [0.05, 0.1) is 16.3 Å². The van der Waals surface area contributed by atoms with E-state index in [-0.39, 0.29) is 11.9 Å². The van der Waals surface area contributed by atoms with E-state index in [9.17, 15) is 4.79 Å². The molecule has 5 heteroatoms. The summed E-state index contributed by atoms with van der Waals surface area (Å²) < 4.78 is 2.17. The van der Waals surface area contributed by atoms with Crippen LogP contribution >= 0.6 is 27.3 Å². The molecule has 23 heavy (non-hydrogen) atoms. The third-order valence-electron chi connectivity index (χ3n) is 4.20. The van der Waals surface area contributed by atoms with Crippen molar-refractivity contribution in [3.05, 3.63) is 63.6 Å². The molecule has 0 spiro atoms. The lowest BCUT2D eigenvalue weighted by Gasteiger charge is -2.23.